The van der Waals surface area contributed by atoms with Gasteiger partial charge in [0.05, 0.1) is 16.1 Å². The van der Waals surface area contributed by atoms with Crippen LogP contribution in [0.2, 0.25) is 0 Å². The SMILES string of the molecule is CC(C)(C)c1ccc(C(=O)Nc2cccc(C(=O)OCc3ccccc3[N+](=O)[O-])c2)cc1. The van der Waals surface area contributed by atoms with Gasteiger partial charge in [0.1, 0.15) is 6.61 Å². The molecule has 164 valence electrons. The number of hydrogen-bond donors (Lipinski definition) is 1. The van der Waals surface area contributed by atoms with Crippen molar-refractivity contribution in [1.82, 2.24) is 0 Å². The van der Waals surface area contributed by atoms with E-state index >= 15 is 0 Å². The topological polar surface area (TPSA) is 98.5 Å². The van der Waals surface area contributed by atoms with E-state index in [0.717, 1.165) is 5.56 Å². The summed E-state index contributed by atoms with van der Waals surface area (Å²) in [4.78, 5) is 35.6. The Morgan fingerprint density at radius 2 is 1.62 bits per heavy atom. The number of nitro groups is 1. The molecule has 1 amide bonds. The van der Waals surface area contributed by atoms with Crippen molar-refractivity contribution < 1.29 is 19.2 Å². The van der Waals surface area contributed by atoms with Crippen LogP contribution in [0.3, 0.4) is 0 Å². The Hall–Kier alpha value is -4.00. The number of hydrogen-bond acceptors (Lipinski definition) is 5. The van der Waals surface area contributed by atoms with Gasteiger partial charge in [-0.1, -0.05) is 51.1 Å². The summed E-state index contributed by atoms with van der Waals surface area (Å²) in [6.07, 6.45) is 0. The van der Waals surface area contributed by atoms with Crippen molar-refractivity contribution in [3.8, 4) is 0 Å². The second-order valence-corrected chi connectivity index (χ2v) is 8.32. The second kappa shape index (κ2) is 9.43. The van der Waals surface area contributed by atoms with E-state index in [1.807, 2.05) is 12.1 Å². The molecular weight excluding hydrogens is 408 g/mol. The zero-order valence-corrected chi connectivity index (χ0v) is 18.1. The molecule has 0 aliphatic rings. The Balaban J connectivity index is 1.67. The summed E-state index contributed by atoms with van der Waals surface area (Å²) < 4.78 is 5.24. The summed E-state index contributed by atoms with van der Waals surface area (Å²) in [7, 11) is 0. The molecule has 0 heterocycles. The van der Waals surface area contributed by atoms with E-state index in [-0.39, 0.29) is 29.2 Å². The Labute approximate surface area is 186 Å². The van der Waals surface area contributed by atoms with Crippen LogP contribution in [-0.4, -0.2) is 16.8 Å². The van der Waals surface area contributed by atoms with E-state index in [1.165, 1.54) is 18.2 Å². The van der Waals surface area contributed by atoms with E-state index in [9.17, 15) is 19.7 Å². The van der Waals surface area contributed by atoms with Gasteiger partial charge in [-0.2, -0.15) is 0 Å². The van der Waals surface area contributed by atoms with E-state index in [0.29, 0.717) is 16.8 Å². The van der Waals surface area contributed by atoms with Crippen LogP contribution in [0.15, 0.2) is 72.8 Å². The summed E-state index contributed by atoms with van der Waals surface area (Å²) in [5.74, 6) is -0.940. The van der Waals surface area contributed by atoms with Crippen LogP contribution in [0.4, 0.5) is 11.4 Å². The lowest BCUT2D eigenvalue weighted by Gasteiger charge is -2.19. The van der Waals surface area contributed by atoms with E-state index in [2.05, 4.69) is 26.1 Å². The number of carbonyl (C=O) groups excluding carboxylic acids is 2. The van der Waals surface area contributed by atoms with Crippen LogP contribution in [0.1, 0.15) is 52.6 Å². The molecule has 3 aromatic rings. The van der Waals surface area contributed by atoms with E-state index < -0.39 is 10.9 Å². The van der Waals surface area contributed by atoms with Gasteiger partial charge in [-0.25, -0.2) is 4.79 Å². The lowest BCUT2D eigenvalue weighted by Crippen LogP contribution is -2.14. The Kier molecular flexibility index (Phi) is 6.68. The van der Waals surface area contributed by atoms with Crippen molar-refractivity contribution in [1.29, 1.82) is 0 Å². The fourth-order valence-electron chi connectivity index (χ4n) is 3.09. The molecule has 0 saturated heterocycles. The van der Waals surface area contributed by atoms with Crippen LogP contribution >= 0.6 is 0 Å². The average Bonchev–Trinajstić information content (AvgIpc) is 2.77. The van der Waals surface area contributed by atoms with Crippen LogP contribution in [-0.2, 0) is 16.8 Å². The number of benzene rings is 3. The molecule has 0 radical (unpaired) electrons. The third-order valence-electron chi connectivity index (χ3n) is 4.92. The molecule has 7 nitrogen and oxygen atoms in total. The number of ether oxygens (including phenoxy) is 1. The van der Waals surface area contributed by atoms with Crippen molar-refractivity contribution in [2.24, 2.45) is 0 Å². The number of anilines is 1. The Bertz CT molecular complexity index is 1150. The van der Waals surface area contributed by atoms with Gasteiger partial charge in [-0.15, -0.1) is 0 Å². The predicted molar refractivity (Wildman–Crippen MR) is 122 cm³/mol. The standard InChI is InChI=1S/C25H24N2O5/c1-25(2,3)20-13-11-17(12-14-20)23(28)26-21-9-6-8-18(15-21)24(29)32-16-19-7-4-5-10-22(19)27(30)31/h4-15H,16H2,1-3H3,(H,26,28). The maximum atomic E-state index is 12.6. The molecule has 0 atom stereocenters. The molecule has 0 aromatic heterocycles. The van der Waals surface area contributed by atoms with E-state index in [1.54, 1.807) is 42.5 Å². The van der Waals surface area contributed by atoms with Gasteiger partial charge in [0, 0.05) is 17.3 Å². The Morgan fingerprint density at radius 3 is 2.28 bits per heavy atom. The van der Waals surface area contributed by atoms with Gasteiger partial charge in [-0.3, -0.25) is 14.9 Å². The number of para-hydroxylation sites is 1. The van der Waals surface area contributed by atoms with Gasteiger partial charge in [-0.05, 0) is 47.4 Å². The summed E-state index contributed by atoms with van der Waals surface area (Å²) in [5, 5.41) is 13.9. The molecule has 0 spiro atoms. The van der Waals surface area contributed by atoms with Gasteiger partial charge in [0.25, 0.3) is 11.6 Å². The fraction of sp³-hybridized carbons (Fsp3) is 0.200. The number of nitro benzene ring substituents is 1. The summed E-state index contributed by atoms with van der Waals surface area (Å²) in [5.41, 5.74) is 2.47. The van der Waals surface area contributed by atoms with Crippen LogP contribution in [0.5, 0.6) is 0 Å². The van der Waals surface area contributed by atoms with Gasteiger partial charge in [0.2, 0.25) is 0 Å². The molecule has 32 heavy (non-hydrogen) atoms. The average molecular weight is 432 g/mol. The zero-order chi connectivity index (χ0) is 23.3. The van der Waals surface area contributed by atoms with Crippen LogP contribution < -0.4 is 5.32 Å². The maximum Gasteiger partial charge on any atom is 0.338 e. The van der Waals surface area contributed by atoms with Crippen molar-refractivity contribution in [3.63, 3.8) is 0 Å². The smallest absolute Gasteiger partial charge is 0.338 e. The lowest BCUT2D eigenvalue weighted by molar-refractivity contribution is -0.385. The molecule has 0 aliphatic heterocycles. The highest BCUT2D eigenvalue weighted by Gasteiger charge is 2.17. The minimum atomic E-state index is -0.645. The zero-order valence-electron chi connectivity index (χ0n) is 18.1. The highest BCUT2D eigenvalue weighted by atomic mass is 16.6. The Morgan fingerprint density at radius 1 is 0.938 bits per heavy atom. The molecule has 3 rings (SSSR count). The molecule has 1 N–H and O–H groups in total. The third-order valence-corrected chi connectivity index (χ3v) is 4.92. The van der Waals surface area contributed by atoms with Gasteiger partial charge in [0.15, 0.2) is 0 Å². The molecular formula is C25H24N2O5. The van der Waals surface area contributed by atoms with Crippen LogP contribution in [0, 0.1) is 10.1 Å². The highest BCUT2D eigenvalue weighted by molar-refractivity contribution is 6.04. The minimum Gasteiger partial charge on any atom is -0.457 e. The third kappa shape index (κ3) is 5.57. The first-order chi connectivity index (χ1) is 15.1. The maximum absolute atomic E-state index is 12.6. The second-order valence-electron chi connectivity index (χ2n) is 8.32. The first-order valence-electron chi connectivity index (χ1n) is 10.1. The monoisotopic (exact) mass is 432 g/mol. The highest BCUT2D eigenvalue weighted by Crippen LogP contribution is 2.23. The minimum absolute atomic E-state index is 0.0100. The molecule has 0 unspecified atom stereocenters. The predicted octanol–water partition coefficient (Wildman–Crippen LogP) is 5.50. The normalized spacial score (nSPS) is 11.0. The molecule has 7 heteroatoms. The number of carbonyl (C=O) groups is 2. The van der Waals surface area contributed by atoms with Crippen molar-refractivity contribution in [3.05, 3.63) is 105 Å². The fourth-order valence-corrected chi connectivity index (χ4v) is 3.09. The van der Waals surface area contributed by atoms with E-state index in [4.69, 9.17) is 4.74 Å². The molecule has 0 saturated carbocycles. The lowest BCUT2D eigenvalue weighted by atomic mass is 9.87. The van der Waals surface area contributed by atoms with Gasteiger partial charge >= 0.3 is 5.97 Å². The number of amides is 1. The molecule has 3 aromatic carbocycles. The number of rotatable bonds is 6. The molecule has 0 bridgehead atoms. The largest absolute Gasteiger partial charge is 0.457 e. The summed E-state index contributed by atoms with van der Waals surface area (Å²) in [6.45, 7) is 6.07. The van der Waals surface area contributed by atoms with Crippen molar-refractivity contribution >= 4 is 23.3 Å². The first-order valence-corrected chi connectivity index (χ1v) is 10.1. The van der Waals surface area contributed by atoms with Crippen molar-refractivity contribution in [2.75, 3.05) is 5.32 Å². The van der Waals surface area contributed by atoms with Crippen LogP contribution in [0.25, 0.3) is 0 Å². The summed E-state index contributed by atoms with van der Waals surface area (Å²) >= 11 is 0. The molecule has 0 aliphatic carbocycles. The van der Waals surface area contributed by atoms with Gasteiger partial charge < -0.3 is 10.1 Å². The number of esters is 1. The van der Waals surface area contributed by atoms with Crippen molar-refractivity contribution in [2.45, 2.75) is 32.8 Å². The number of nitrogens with zero attached hydrogens (tertiary/aromatic N) is 1. The summed E-state index contributed by atoms with van der Waals surface area (Å²) in [6, 6.07) is 19.8. The number of nitrogens with one attached hydrogen (secondary N) is 1. The first kappa shape index (κ1) is 22.7. The molecule has 0 fully saturated rings. The quantitative estimate of drug-likeness (QED) is 0.315.